The predicted molar refractivity (Wildman–Crippen MR) is 62.3 cm³/mol. The minimum atomic E-state index is -0.0851. The molecule has 2 unspecified atom stereocenters. The summed E-state index contributed by atoms with van der Waals surface area (Å²) in [6.45, 7) is 6.62. The van der Waals surface area contributed by atoms with Gasteiger partial charge in [0.05, 0.1) is 6.10 Å². The van der Waals surface area contributed by atoms with Crippen LogP contribution in [0.15, 0.2) is 0 Å². The molecule has 2 atom stereocenters. The molecule has 80 valence electrons. The molecule has 0 aliphatic heterocycles. The Kier molecular flexibility index (Phi) is 9.10. The van der Waals surface area contributed by atoms with Gasteiger partial charge in [-0.3, -0.25) is 0 Å². The summed E-state index contributed by atoms with van der Waals surface area (Å²) in [6, 6.07) is 0. The third-order valence-corrected chi connectivity index (χ3v) is 3.43. The van der Waals surface area contributed by atoms with Gasteiger partial charge in [-0.2, -0.15) is 11.8 Å². The van der Waals surface area contributed by atoms with Gasteiger partial charge in [0.1, 0.15) is 0 Å². The lowest BCUT2D eigenvalue weighted by molar-refractivity contribution is 0.166. The largest absolute Gasteiger partial charge is 0.392 e. The van der Waals surface area contributed by atoms with Crippen molar-refractivity contribution in [3.05, 3.63) is 0 Å². The summed E-state index contributed by atoms with van der Waals surface area (Å²) in [6.07, 6.45) is 4.58. The predicted octanol–water partition coefficient (Wildman–Crippen LogP) is 3.32. The third-order valence-electron chi connectivity index (χ3n) is 2.11. The van der Waals surface area contributed by atoms with Gasteiger partial charge in [-0.05, 0) is 24.5 Å². The van der Waals surface area contributed by atoms with E-state index in [-0.39, 0.29) is 6.10 Å². The zero-order valence-electron chi connectivity index (χ0n) is 9.25. The molecule has 0 spiro atoms. The maximum Gasteiger partial charge on any atom is 0.0633 e. The maximum absolute atomic E-state index is 9.65. The van der Waals surface area contributed by atoms with Crippen molar-refractivity contribution >= 4 is 11.8 Å². The summed E-state index contributed by atoms with van der Waals surface area (Å²) < 4.78 is 0. The van der Waals surface area contributed by atoms with Gasteiger partial charge in [-0.25, -0.2) is 0 Å². The van der Waals surface area contributed by atoms with Gasteiger partial charge in [0.2, 0.25) is 0 Å². The zero-order chi connectivity index (χ0) is 10.1. The highest BCUT2D eigenvalue weighted by atomic mass is 32.2. The molecule has 0 aromatic heterocycles. The molecule has 0 aromatic rings. The summed E-state index contributed by atoms with van der Waals surface area (Å²) >= 11 is 1.87. The molecule has 0 radical (unpaired) electrons. The Bertz CT molecular complexity index is 106. The maximum atomic E-state index is 9.65. The Morgan fingerprint density at radius 1 is 1.23 bits per heavy atom. The van der Waals surface area contributed by atoms with Crippen molar-refractivity contribution in [3.63, 3.8) is 0 Å². The van der Waals surface area contributed by atoms with E-state index in [2.05, 4.69) is 20.8 Å². The molecule has 0 bridgehead atoms. The van der Waals surface area contributed by atoms with Gasteiger partial charge in [-0.15, -0.1) is 0 Å². The third kappa shape index (κ3) is 8.63. The molecule has 0 fully saturated rings. The summed E-state index contributed by atoms with van der Waals surface area (Å²) in [7, 11) is 0. The smallest absolute Gasteiger partial charge is 0.0633 e. The van der Waals surface area contributed by atoms with E-state index in [0.29, 0.717) is 5.92 Å². The highest BCUT2D eigenvalue weighted by Crippen LogP contribution is 2.15. The van der Waals surface area contributed by atoms with Crippen LogP contribution in [0.4, 0.5) is 0 Å². The lowest BCUT2D eigenvalue weighted by Crippen LogP contribution is -2.14. The normalized spacial score (nSPS) is 15.7. The van der Waals surface area contributed by atoms with Crippen LogP contribution in [0.25, 0.3) is 0 Å². The number of hydrogen-bond donors (Lipinski definition) is 1. The summed E-state index contributed by atoms with van der Waals surface area (Å²) in [5.41, 5.74) is 0. The molecular formula is C11H24OS. The van der Waals surface area contributed by atoms with Crippen LogP contribution < -0.4 is 0 Å². The van der Waals surface area contributed by atoms with Crippen LogP contribution in [-0.2, 0) is 0 Å². The quantitative estimate of drug-likeness (QED) is 0.612. The molecule has 2 heteroatoms. The van der Waals surface area contributed by atoms with E-state index in [4.69, 9.17) is 0 Å². The Morgan fingerprint density at radius 2 is 1.92 bits per heavy atom. The summed E-state index contributed by atoms with van der Waals surface area (Å²) in [5.74, 6) is 2.78. The fourth-order valence-corrected chi connectivity index (χ4v) is 2.37. The molecule has 13 heavy (non-hydrogen) atoms. The van der Waals surface area contributed by atoms with Crippen LogP contribution in [0.3, 0.4) is 0 Å². The lowest BCUT2D eigenvalue weighted by Gasteiger charge is -2.15. The lowest BCUT2D eigenvalue weighted by atomic mass is 10.00. The Labute approximate surface area is 87.3 Å². The molecule has 1 N–H and O–H groups in total. The molecule has 0 saturated heterocycles. The van der Waals surface area contributed by atoms with Crippen LogP contribution in [0.2, 0.25) is 0 Å². The first-order valence-corrected chi connectivity index (χ1v) is 6.61. The minimum absolute atomic E-state index is 0.0851. The fourth-order valence-electron chi connectivity index (χ4n) is 1.51. The summed E-state index contributed by atoms with van der Waals surface area (Å²) in [4.78, 5) is 0. The molecule has 0 aromatic carbocycles. The second-order valence-electron chi connectivity index (χ2n) is 3.86. The van der Waals surface area contributed by atoms with E-state index >= 15 is 0 Å². The van der Waals surface area contributed by atoms with E-state index in [0.717, 1.165) is 12.2 Å². The molecule has 0 saturated carbocycles. The molecular weight excluding hydrogens is 180 g/mol. The zero-order valence-corrected chi connectivity index (χ0v) is 10.1. The van der Waals surface area contributed by atoms with Crippen molar-refractivity contribution in [2.24, 2.45) is 5.92 Å². The van der Waals surface area contributed by atoms with Crippen LogP contribution in [0, 0.1) is 5.92 Å². The number of aliphatic hydroxyl groups is 1. The summed E-state index contributed by atoms with van der Waals surface area (Å²) in [5, 5.41) is 9.65. The van der Waals surface area contributed by atoms with E-state index in [9.17, 15) is 5.11 Å². The average molecular weight is 204 g/mol. The Balaban J connectivity index is 3.32. The van der Waals surface area contributed by atoms with E-state index < -0.39 is 0 Å². The van der Waals surface area contributed by atoms with Gasteiger partial charge < -0.3 is 5.11 Å². The minimum Gasteiger partial charge on any atom is -0.392 e. The van der Waals surface area contributed by atoms with Crippen LogP contribution in [-0.4, -0.2) is 22.7 Å². The molecule has 0 aliphatic carbocycles. The van der Waals surface area contributed by atoms with Crippen LogP contribution >= 0.6 is 11.8 Å². The van der Waals surface area contributed by atoms with Crippen molar-refractivity contribution in [2.75, 3.05) is 11.5 Å². The average Bonchev–Trinajstić information content (AvgIpc) is 2.05. The SMILES string of the molecule is CCCSCC(O)CC(C)CCC. The Morgan fingerprint density at radius 3 is 2.46 bits per heavy atom. The van der Waals surface area contributed by atoms with Crippen molar-refractivity contribution in [1.29, 1.82) is 0 Å². The first-order chi connectivity index (χ1) is 6.20. The van der Waals surface area contributed by atoms with Crippen LogP contribution in [0.5, 0.6) is 0 Å². The van der Waals surface area contributed by atoms with Gasteiger partial charge in [0.15, 0.2) is 0 Å². The van der Waals surface area contributed by atoms with Gasteiger partial charge >= 0.3 is 0 Å². The Hall–Kier alpha value is 0.310. The second-order valence-corrected chi connectivity index (χ2v) is 5.01. The molecule has 0 amide bonds. The standard InChI is InChI=1S/C11H24OS/c1-4-6-10(3)8-11(12)9-13-7-5-2/h10-12H,4-9H2,1-3H3. The van der Waals surface area contributed by atoms with Gasteiger partial charge in [0, 0.05) is 5.75 Å². The molecule has 0 rings (SSSR count). The van der Waals surface area contributed by atoms with Crippen molar-refractivity contribution in [3.8, 4) is 0 Å². The molecule has 0 aliphatic rings. The first kappa shape index (κ1) is 13.3. The monoisotopic (exact) mass is 204 g/mol. The van der Waals surface area contributed by atoms with Crippen LogP contribution in [0.1, 0.15) is 46.5 Å². The fraction of sp³-hybridized carbons (Fsp3) is 1.00. The van der Waals surface area contributed by atoms with Crippen molar-refractivity contribution in [2.45, 2.75) is 52.6 Å². The molecule has 1 nitrogen and oxygen atoms in total. The number of thioether (sulfide) groups is 1. The highest BCUT2D eigenvalue weighted by molar-refractivity contribution is 7.99. The number of rotatable bonds is 8. The second kappa shape index (κ2) is 8.89. The van der Waals surface area contributed by atoms with E-state index in [1.165, 1.54) is 25.0 Å². The van der Waals surface area contributed by atoms with Crippen molar-refractivity contribution in [1.82, 2.24) is 0 Å². The highest BCUT2D eigenvalue weighted by Gasteiger charge is 2.09. The van der Waals surface area contributed by atoms with Gasteiger partial charge in [0.25, 0.3) is 0 Å². The van der Waals surface area contributed by atoms with E-state index in [1.807, 2.05) is 11.8 Å². The number of aliphatic hydroxyl groups excluding tert-OH is 1. The van der Waals surface area contributed by atoms with Gasteiger partial charge in [-0.1, -0.05) is 33.6 Å². The van der Waals surface area contributed by atoms with Crippen molar-refractivity contribution < 1.29 is 5.11 Å². The topological polar surface area (TPSA) is 20.2 Å². The first-order valence-electron chi connectivity index (χ1n) is 5.46. The van der Waals surface area contributed by atoms with E-state index in [1.54, 1.807) is 0 Å². The number of hydrogen-bond acceptors (Lipinski definition) is 2. The molecule has 0 heterocycles.